The molecule has 1 heterocycles. The Morgan fingerprint density at radius 1 is 1.07 bits per heavy atom. The molecule has 2 aromatic rings. The van der Waals surface area contributed by atoms with Gasteiger partial charge in [0.05, 0.1) is 5.56 Å². The number of carbonyl (C=O) groups is 2. The summed E-state index contributed by atoms with van der Waals surface area (Å²) in [6.07, 6.45) is 1.43. The lowest BCUT2D eigenvalue weighted by Gasteiger charge is -2.17. The summed E-state index contributed by atoms with van der Waals surface area (Å²) < 4.78 is 7.65. The van der Waals surface area contributed by atoms with Crippen LogP contribution in [0.2, 0.25) is 0 Å². The molecule has 3 rings (SSSR count). The van der Waals surface area contributed by atoms with Gasteiger partial charge in [0.15, 0.2) is 6.10 Å². The lowest BCUT2D eigenvalue weighted by atomic mass is 10.0. The molecule has 144 valence electrons. The van der Waals surface area contributed by atoms with Gasteiger partial charge in [0.25, 0.3) is 5.91 Å². The van der Waals surface area contributed by atoms with Gasteiger partial charge in [0, 0.05) is 23.1 Å². The Labute approximate surface area is 160 Å². The van der Waals surface area contributed by atoms with E-state index in [-0.39, 0.29) is 5.91 Å². The Kier molecular flexibility index (Phi) is 5.13. The number of ether oxygens (including phenoxy) is 1. The zero-order valence-electron chi connectivity index (χ0n) is 17.0. The van der Waals surface area contributed by atoms with Crippen LogP contribution >= 0.6 is 0 Å². The van der Waals surface area contributed by atoms with Crippen molar-refractivity contribution >= 4 is 17.6 Å². The highest BCUT2D eigenvalue weighted by molar-refractivity contribution is 5.98. The number of nitrogens with zero attached hydrogens (tertiary/aromatic N) is 1. The molecule has 1 aliphatic rings. The third-order valence-corrected chi connectivity index (χ3v) is 5.19. The first kappa shape index (κ1) is 19.2. The molecule has 1 aliphatic carbocycles. The molecule has 1 amide bonds. The van der Waals surface area contributed by atoms with Gasteiger partial charge >= 0.3 is 5.97 Å². The van der Waals surface area contributed by atoms with E-state index in [0.717, 1.165) is 46.6 Å². The smallest absolute Gasteiger partial charge is 0.340 e. The zero-order chi connectivity index (χ0) is 19.9. The van der Waals surface area contributed by atoms with Crippen LogP contribution in [-0.2, 0) is 9.53 Å². The van der Waals surface area contributed by atoms with Gasteiger partial charge < -0.3 is 14.6 Å². The number of hydrogen-bond donors (Lipinski definition) is 1. The summed E-state index contributed by atoms with van der Waals surface area (Å²) in [5, 5.41) is 2.90. The molecule has 1 unspecified atom stereocenters. The van der Waals surface area contributed by atoms with E-state index < -0.39 is 12.1 Å². The number of anilines is 1. The van der Waals surface area contributed by atoms with Crippen molar-refractivity contribution in [3.63, 3.8) is 0 Å². The van der Waals surface area contributed by atoms with Crippen molar-refractivity contribution in [2.75, 3.05) is 5.32 Å². The van der Waals surface area contributed by atoms with Crippen molar-refractivity contribution in [1.82, 2.24) is 4.57 Å². The second-order valence-corrected chi connectivity index (χ2v) is 7.70. The molecule has 1 saturated carbocycles. The number of aromatic nitrogens is 1. The van der Waals surface area contributed by atoms with Crippen LogP contribution in [0.15, 0.2) is 18.2 Å². The van der Waals surface area contributed by atoms with E-state index >= 15 is 0 Å². The van der Waals surface area contributed by atoms with Crippen molar-refractivity contribution < 1.29 is 14.3 Å². The second-order valence-electron chi connectivity index (χ2n) is 7.70. The van der Waals surface area contributed by atoms with E-state index in [4.69, 9.17) is 4.74 Å². The molecule has 1 atom stereocenters. The Bertz CT molecular complexity index is 884. The van der Waals surface area contributed by atoms with Gasteiger partial charge in [-0.1, -0.05) is 17.7 Å². The quantitative estimate of drug-likeness (QED) is 0.788. The molecule has 1 N–H and O–H groups in total. The zero-order valence-corrected chi connectivity index (χ0v) is 17.0. The molecule has 27 heavy (non-hydrogen) atoms. The summed E-state index contributed by atoms with van der Waals surface area (Å²) in [6.45, 7) is 11.5. The Balaban J connectivity index is 1.70. The maximum Gasteiger partial charge on any atom is 0.340 e. The van der Waals surface area contributed by atoms with Crippen LogP contribution in [0, 0.1) is 34.6 Å². The highest BCUT2D eigenvalue weighted by Gasteiger charge is 2.29. The normalized spacial score (nSPS) is 14.7. The van der Waals surface area contributed by atoms with Crippen LogP contribution in [-0.4, -0.2) is 22.5 Å². The molecule has 1 fully saturated rings. The summed E-state index contributed by atoms with van der Waals surface area (Å²) in [7, 11) is 0. The molecule has 5 heteroatoms. The third kappa shape index (κ3) is 3.92. The number of benzene rings is 1. The molecule has 1 aromatic carbocycles. The van der Waals surface area contributed by atoms with Crippen molar-refractivity contribution in [3.05, 3.63) is 51.8 Å². The van der Waals surface area contributed by atoms with E-state index in [1.54, 1.807) is 6.92 Å². The average molecular weight is 368 g/mol. The average Bonchev–Trinajstić information content (AvgIpc) is 3.35. The fourth-order valence-electron chi connectivity index (χ4n) is 3.76. The van der Waals surface area contributed by atoms with E-state index in [0.29, 0.717) is 11.6 Å². The number of rotatable bonds is 5. The van der Waals surface area contributed by atoms with Crippen LogP contribution in [0.5, 0.6) is 0 Å². The van der Waals surface area contributed by atoms with Crippen molar-refractivity contribution in [1.29, 1.82) is 0 Å². The van der Waals surface area contributed by atoms with Crippen molar-refractivity contribution in [2.45, 2.75) is 66.5 Å². The lowest BCUT2D eigenvalue weighted by molar-refractivity contribution is -0.123. The summed E-state index contributed by atoms with van der Waals surface area (Å²) in [5.41, 5.74) is 6.43. The van der Waals surface area contributed by atoms with Gasteiger partial charge in [-0.25, -0.2) is 4.79 Å². The Morgan fingerprint density at radius 3 is 2.22 bits per heavy atom. The van der Waals surface area contributed by atoms with E-state index in [1.807, 2.05) is 52.8 Å². The first-order valence-electron chi connectivity index (χ1n) is 9.47. The van der Waals surface area contributed by atoms with Gasteiger partial charge in [-0.3, -0.25) is 4.79 Å². The molecule has 1 aromatic heterocycles. The van der Waals surface area contributed by atoms with E-state index in [1.165, 1.54) is 0 Å². The topological polar surface area (TPSA) is 60.3 Å². The van der Waals surface area contributed by atoms with E-state index in [9.17, 15) is 9.59 Å². The minimum Gasteiger partial charge on any atom is -0.449 e. The first-order valence-corrected chi connectivity index (χ1v) is 9.47. The minimum absolute atomic E-state index is 0.325. The van der Waals surface area contributed by atoms with E-state index in [2.05, 4.69) is 9.88 Å². The predicted molar refractivity (Wildman–Crippen MR) is 106 cm³/mol. The molecule has 0 spiro atoms. The molecular weight excluding hydrogens is 340 g/mol. The maximum atomic E-state index is 12.6. The van der Waals surface area contributed by atoms with Gasteiger partial charge in [-0.2, -0.15) is 0 Å². The molecule has 5 nitrogen and oxygen atoms in total. The fraction of sp³-hybridized carbons (Fsp3) is 0.455. The lowest BCUT2D eigenvalue weighted by Crippen LogP contribution is -2.30. The Hall–Kier alpha value is -2.56. The SMILES string of the molecule is Cc1cc(C)c(NC(=O)C(C)OC(=O)c2cc(C)n(C3CC3)c2C)c(C)c1. The molecule has 0 bridgehead atoms. The van der Waals surface area contributed by atoms with Crippen molar-refractivity contribution in [3.8, 4) is 0 Å². The highest BCUT2D eigenvalue weighted by Crippen LogP contribution is 2.38. The monoisotopic (exact) mass is 368 g/mol. The fourth-order valence-corrected chi connectivity index (χ4v) is 3.76. The van der Waals surface area contributed by atoms with Crippen molar-refractivity contribution in [2.24, 2.45) is 0 Å². The molecule has 0 radical (unpaired) electrons. The Morgan fingerprint density at radius 2 is 1.67 bits per heavy atom. The van der Waals surface area contributed by atoms with Gasteiger partial charge in [-0.15, -0.1) is 0 Å². The summed E-state index contributed by atoms with van der Waals surface area (Å²) in [4.78, 5) is 25.2. The molecule has 0 saturated heterocycles. The number of carbonyl (C=O) groups excluding carboxylic acids is 2. The number of esters is 1. The highest BCUT2D eigenvalue weighted by atomic mass is 16.5. The van der Waals surface area contributed by atoms with Gasteiger partial charge in [0.2, 0.25) is 0 Å². The first-order chi connectivity index (χ1) is 12.7. The van der Waals surface area contributed by atoms with Crippen LogP contribution < -0.4 is 5.32 Å². The second kappa shape index (κ2) is 7.22. The standard InChI is InChI=1S/C22H28N2O3/c1-12-9-13(2)20(14(3)10-12)23-21(25)17(6)27-22(26)19-11-15(4)24(16(19)5)18-7-8-18/h9-11,17-18H,7-8H2,1-6H3,(H,23,25). The molecular formula is C22H28N2O3. The minimum atomic E-state index is -0.874. The largest absolute Gasteiger partial charge is 0.449 e. The third-order valence-electron chi connectivity index (χ3n) is 5.19. The van der Waals surface area contributed by atoms with Gasteiger partial charge in [0.1, 0.15) is 0 Å². The maximum absolute atomic E-state index is 12.6. The van der Waals surface area contributed by atoms with Crippen LogP contribution in [0.1, 0.15) is 64.2 Å². The summed E-state index contributed by atoms with van der Waals surface area (Å²) in [6, 6.07) is 6.40. The predicted octanol–water partition coefficient (Wildman–Crippen LogP) is 4.55. The van der Waals surface area contributed by atoms with Gasteiger partial charge in [-0.05, 0) is 71.6 Å². The number of aryl methyl sites for hydroxylation is 4. The van der Waals surface area contributed by atoms with Crippen LogP contribution in [0.25, 0.3) is 0 Å². The number of nitrogens with one attached hydrogen (secondary N) is 1. The van der Waals surface area contributed by atoms with Crippen LogP contribution in [0.4, 0.5) is 5.69 Å². The molecule has 0 aliphatic heterocycles. The summed E-state index contributed by atoms with van der Waals surface area (Å²) >= 11 is 0. The number of amides is 1. The number of hydrogen-bond acceptors (Lipinski definition) is 3. The van der Waals surface area contributed by atoms with Crippen LogP contribution in [0.3, 0.4) is 0 Å². The summed E-state index contributed by atoms with van der Waals surface area (Å²) in [5.74, 6) is -0.774.